The lowest BCUT2D eigenvalue weighted by Crippen LogP contribution is -2.06. The minimum atomic E-state index is -0.223. The van der Waals surface area contributed by atoms with Crippen LogP contribution in [-0.4, -0.2) is 12.0 Å². The molecule has 2 nitrogen and oxygen atoms in total. The van der Waals surface area contributed by atoms with Crippen LogP contribution in [0.15, 0.2) is 42.7 Å². The maximum atomic E-state index is 13.2. The zero-order chi connectivity index (χ0) is 11.4. The molecule has 0 aliphatic heterocycles. The fourth-order valence-electron chi connectivity index (χ4n) is 1.68. The third-order valence-electron chi connectivity index (χ3n) is 2.41. The monoisotopic (exact) mass is 216 g/mol. The van der Waals surface area contributed by atoms with Gasteiger partial charge >= 0.3 is 0 Å². The Hall–Kier alpha value is -1.74. The topological polar surface area (TPSA) is 24.9 Å². The molecule has 16 heavy (non-hydrogen) atoms. The molecule has 0 saturated heterocycles. The molecule has 0 aliphatic rings. The van der Waals surface area contributed by atoms with Gasteiger partial charge in [-0.05, 0) is 36.4 Å². The van der Waals surface area contributed by atoms with E-state index in [2.05, 4.69) is 10.3 Å². The highest BCUT2D eigenvalue weighted by molar-refractivity contribution is 5.66. The van der Waals surface area contributed by atoms with E-state index in [1.54, 1.807) is 24.5 Å². The summed E-state index contributed by atoms with van der Waals surface area (Å²) in [5.41, 5.74) is 2.90. The van der Waals surface area contributed by atoms with Crippen LogP contribution in [0.2, 0.25) is 0 Å². The van der Waals surface area contributed by atoms with E-state index in [1.165, 1.54) is 6.07 Å². The normalized spacial score (nSPS) is 10.4. The molecule has 0 aliphatic carbocycles. The number of rotatable bonds is 3. The molecular formula is C13H13FN2. The van der Waals surface area contributed by atoms with E-state index in [4.69, 9.17) is 0 Å². The van der Waals surface area contributed by atoms with E-state index in [0.717, 1.165) is 16.7 Å². The highest BCUT2D eigenvalue weighted by Gasteiger charge is 2.05. The fourth-order valence-corrected chi connectivity index (χ4v) is 1.68. The number of benzene rings is 1. The number of pyridine rings is 1. The second kappa shape index (κ2) is 4.86. The molecule has 0 spiro atoms. The first-order chi connectivity index (χ1) is 7.81. The number of aromatic nitrogens is 1. The summed E-state index contributed by atoms with van der Waals surface area (Å²) in [7, 11) is 1.87. The molecule has 2 rings (SSSR count). The van der Waals surface area contributed by atoms with Crippen molar-refractivity contribution < 1.29 is 4.39 Å². The first-order valence-electron chi connectivity index (χ1n) is 5.14. The lowest BCUT2D eigenvalue weighted by Gasteiger charge is -2.09. The van der Waals surface area contributed by atoms with E-state index >= 15 is 0 Å². The van der Waals surface area contributed by atoms with Crippen molar-refractivity contribution in [1.29, 1.82) is 0 Å². The maximum absolute atomic E-state index is 13.2. The molecule has 1 aromatic carbocycles. The highest BCUT2D eigenvalue weighted by Crippen LogP contribution is 2.23. The predicted octanol–water partition coefficient (Wildman–Crippen LogP) is 2.61. The van der Waals surface area contributed by atoms with Crippen LogP contribution in [0, 0.1) is 5.82 Å². The summed E-state index contributed by atoms with van der Waals surface area (Å²) in [6.45, 7) is 0.713. The highest BCUT2D eigenvalue weighted by atomic mass is 19.1. The Bertz CT molecular complexity index is 469. The summed E-state index contributed by atoms with van der Waals surface area (Å²) in [5.74, 6) is -0.223. The minimum Gasteiger partial charge on any atom is -0.316 e. The molecule has 0 amide bonds. The van der Waals surface area contributed by atoms with Gasteiger partial charge in [0.15, 0.2) is 0 Å². The van der Waals surface area contributed by atoms with E-state index in [9.17, 15) is 4.39 Å². The Balaban J connectivity index is 2.49. The minimum absolute atomic E-state index is 0.223. The molecular weight excluding hydrogens is 203 g/mol. The van der Waals surface area contributed by atoms with E-state index in [-0.39, 0.29) is 5.82 Å². The van der Waals surface area contributed by atoms with E-state index < -0.39 is 0 Å². The first kappa shape index (κ1) is 10.8. The fraction of sp³-hybridized carbons (Fsp3) is 0.154. The van der Waals surface area contributed by atoms with Gasteiger partial charge in [-0.3, -0.25) is 4.98 Å². The Morgan fingerprint density at radius 2 is 2.19 bits per heavy atom. The van der Waals surface area contributed by atoms with Crippen molar-refractivity contribution in [1.82, 2.24) is 10.3 Å². The summed E-state index contributed by atoms with van der Waals surface area (Å²) < 4.78 is 13.2. The molecule has 82 valence electrons. The number of hydrogen-bond donors (Lipinski definition) is 1. The number of nitrogens with one attached hydrogen (secondary N) is 1. The van der Waals surface area contributed by atoms with Gasteiger partial charge in [-0.25, -0.2) is 4.39 Å². The van der Waals surface area contributed by atoms with Gasteiger partial charge in [-0.2, -0.15) is 0 Å². The quantitative estimate of drug-likeness (QED) is 0.853. The second-order valence-electron chi connectivity index (χ2n) is 3.57. The molecule has 0 bridgehead atoms. The summed E-state index contributed by atoms with van der Waals surface area (Å²) in [6, 6.07) is 8.61. The molecule has 0 unspecified atom stereocenters. The standard InChI is InChI=1S/C13H13FN2/c1-15-8-11-4-5-12(14)7-13(11)10-3-2-6-16-9-10/h2-7,9,15H,8H2,1H3. The predicted molar refractivity (Wildman–Crippen MR) is 62.4 cm³/mol. The summed E-state index contributed by atoms with van der Waals surface area (Å²) in [5, 5.41) is 3.07. The van der Waals surface area contributed by atoms with Crippen LogP contribution in [0.1, 0.15) is 5.56 Å². The average molecular weight is 216 g/mol. The zero-order valence-electron chi connectivity index (χ0n) is 9.07. The van der Waals surface area contributed by atoms with E-state index in [1.807, 2.05) is 19.2 Å². The van der Waals surface area contributed by atoms with Crippen molar-refractivity contribution >= 4 is 0 Å². The van der Waals surface area contributed by atoms with Crippen molar-refractivity contribution in [3.8, 4) is 11.1 Å². The van der Waals surface area contributed by atoms with Gasteiger partial charge in [0, 0.05) is 24.5 Å². The lowest BCUT2D eigenvalue weighted by molar-refractivity contribution is 0.627. The van der Waals surface area contributed by atoms with Gasteiger partial charge in [-0.1, -0.05) is 12.1 Å². The van der Waals surface area contributed by atoms with Crippen molar-refractivity contribution in [3.05, 3.63) is 54.1 Å². The van der Waals surface area contributed by atoms with Gasteiger partial charge in [0.2, 0.25) is 0 Å². The van der Waals surface area contributed by atoms with Gasteiger partial charge < -0.3 is 5.32 Å². The van der Waals surface area contributed by atoms with Crippen LogP contribution in [0.3, 0.4) is 0 Å². The van der Waals surface area contributed by atoms with Crippen molar-refractivity contribution in [2.24, 2.45) is 0 Å². The summed E-state index contributed by atoms with van der Waals surface area (Å²) >= 11 is 0. The van der Waals surface area contributed by atoms with Gasteiger partial charge in [-0.15, -0.1) is 0 Å². The lowest BCUT2D eigenvalue weighted by atomic mass is 10.0. The number of nitrogens with zero attached hydrogens (tertiary/aromatic N) is 1. The molecule has 0 atom stereocenters. The average Bonchev–Trinajstić information content (AvgIpc) is 2.33. The van der Waals surface area contributed by atoms with Gasteiger partial charge in [0.25, 0.3) is 0 Å². The summed E-state index contributed by atoms with van der Waals surface area (Å²) in [6.07, 6.45) is 3.45. The van der Waals surface area contributed by atoms with Crippen LogP contribution in [0.25, 0.3) is 11.1 Å². The number of halogens is 1. The van der Waals surface area contributed by atoms with Crippen LogP contribution in [0.5, 0.6) is 0 Å². The van der Waals surface area contributed by atoms with E-state index in [0.29, 0.717) is 6.54 Å². The Kier molecular flexibility index (Phi) is 3.27. The molecule has 0 radical (unpaired) electrons. The third kappa shape index (κ3) is 2.25. The Labute approximate surface area is 94.2 Å². The smallest absolute Gasteiger partial charge is 0.123 e. The molecule has 2 aromatic rings. The largest absolute Gasteiger partial charge is 0.316 e. The van der Waals surface area contributed by atoms with Crippen molar-refractivity contribution in [3.63, 3.8) is 0 Å². The number of hydrogen-bond acceptors (Lipinski definition) is 2. The molecule has 1 heterocycles. The van der Waals surface area contributed by atoms with Crippen molar-refractivity contribution in [2.45, 2.75) is 6.54 Å². The molecule has 0 saturated carbocycles. The summed E-state index contributed by atoms with van der Waals surface area (Å²) in [4.78, 5) is 4.05. The molecule has 1 aromatic heterocycles. The first-order valence-corrected chi connectivity index (χ1v) is 5.14. The van der Waals surface area contributed by atoms with Gasteiger partial charge in [0.05, 0.1) is 0 Å². The van der Waals surface area contributed by atoms with Crippen LogP contribution < -0.4 is 5.32 Å². The third-order valence-corrected chi connectivity index (χ3v) is 2.41. The van der Waals surface area contributed by atoms with Crippen LogP contribution in [0.4, 0.5) is 4.39 Å². The maximum Gasteiger partial charge on any atom is 0.123 e. The Morgan fingerprint density at radius 1 is 1.31 bits per heavy atom. The Morgan fingerprint density at radius 3 is 2.88 bits per heavy atom. The SMILES string of the molecule is CNCc1ccc(F)cc1-c1cccnc1. The molecule has 3 heteroatoms. The van der Waals surface area contributed by atoms with Crippen LogP contribution >= 0.6 is 0 Å². The van der Waals surface area contributed by atoms with Crippen LogP contribution in [-0.2, 0) is 6.54 Å². The molecule has 1 N–H and O–H groups in total. The zero-order valence-corrected chi connectivity index (χ0v) is 9.07. The second-order valence-corrected chi connectivity index (χ2v) is 3.57. The molecule has 0 fully saturated rings. The van der Waals surface area contributed by atoms with Gasteiger partial charge in [0.1, 0.15) is 5.82 Å². The van der Waals surface area contributed by atoms with Crippen molar-refractivity contribution in [2.75, 3.05) is 7.05 Å².